The molecule has 0 aromatic heterocycles. The van der Waals surface area contributed by atoms with Crippen LogP contribution in [0.25, 0.3) is 0 Å². The number of nitrogens with zero attached hydrogens (tertiary/aromatic N) is 1. The lowest BCUT2D eigenvalue weighted by Crippen LogP contribution is -2.26. The van der Waals surface area contributed by atoms with E-state index in [0.717, 1.165) is 6.92 Å². The summed E-state index contributed by atoms with van der Waals surface area (Å²) in [5.41, 5.74) is 0. The van der Waals surface area contributed by atoms with Gasteiger partial charge >= 0.3 is 0 Å². The quantitative estimate of drug-likeness (QED) is 0.445. The van der Waals surface area contributed by atoms with Gasteiger partial charge in [-0.3, -0.25) is 4.99 Å². The van der Waals surface area contributed by atoms with Gasteiger partial charge in [0.2, 0.25) is 0 Å². The summed E-state index contributed by atoms with van der Waals surface area (Å²) in [7, 11) is 0. The van der Waals surface area contributed by atoms with E-state index < -0.39 is 12.0 Å². The average molecular weight is 161 g/mol. The molecule has 0 N–H and O–H groups in total. The Balaban J connectivity index is 4.34. The van der Waals surface area contributed by atoms with Crippen molar-refractivity contribution in [3.05, 3.63) is 12.2 Å². The Kier molecular flexibility index (Phi) is 3.93. The largest absolute Gasteiger partial charge is 0.284 e. The van der Waals surface area contributed by atoms with Gasteiger partial charge in [-0.15, -0.1) is 0 Å². The van der Waals surface area contributed by atoms with Crippen LogP contribution < -0.4 is 0 Å². The molecule has 0 amide bonds. The standard InChI is InChI=1S/C8H13F2N/c1-4-6-7(11-5-2)8(3,9)10/h4-7H,1-3H3/b6-4-,11-5?. The molecule has 0 aliphatic carbocycles. The van der Waals surface area contributed by atoms with Gasteiger partial charge < -0.3 is 0 Å². The van der Waals surface area contributed by atoms with E-state index in [1.54, 1.807) is 19.9 Å². The van der Waals surface area contributed by atoms with E-state index in [2.05, 4.69) is 4.99 Å². The molecule has 11 heavy (non-hydrogen) atoms. The second-order valence-electron chi connectivity index (χ2n) is 2.33. The number of hydrogen-bond donors (Lipinski definition) is 0. The number of halogens is 2. The third-order valence-corrected chi connectivity index (χ3v) is 1.20. The number of aliphatic imine (C=N–C) groups is 1. The molecular formula is C8H13F2N. The van der Waals surface area contributed by atoms with Gasteiger partial charge in [0.15, 0.2) is 0 Å². The van der Waals surface area contributed by atoms with E-state index in [-0.39, 0.29) is 0 Å². The number of allylic oxidation sites excluding steroid dienone is 1. The van der Waals surface area contributed by atoms with E-state index >= 15 is 0 Å². The molecule has 0 fully saturated rings. The number of alkyl halides is 2. The zero-order valence-electron chi connectivity index (χ0n) is 7.01. The number of rotatable bonds is 3. The Bertz CT molecular complexity index is 144. The fourth-order valence-corrected chi connectivity index (χ4v) is 0.692. The highest BCUT2D eigenvalue weighted by molar-refractivity contribution is 5.54. The summed E-state index contributed by atoms with van der Waals surface area (Å²) in [4.78, 5) is 3.62. The summed E-state index contributed by atoms with van der Waals surface area (Å²) in [6.07, 6.45) is 4.36. The molecule has 0 rings (SSSR count). The van der Waals surface area contributed by atoms with Crippen LogP contribution in [0.15, 0.2) is 17.1 Å². The average Bonchev–Trinajstić information content (AvgIpc) is 1.85. The highest BCUT2D eigenvalue weighted by Crippen LogP contribution is 2.20. The topological polar surface area (TPSA) is 12.4 Å². The summed E-state index contributed by atoms with van der Waals surface area (Å²) in [6.45, 7) is 4.19. The van der Waals surface area contributed by atoms with Crippen molar-refractivity contribution in [2.24, 2.45) is 4.99 Å². The predicted molar refractivity (Wildman–Crippen MR) is 43.4 cm³/mol. The molecule has 64 valence electrons. The zero-order chi connectivity index (χ0) is 8.91. The fourth-order valence-electron chi connectivity index (χ4n) is 0.692. The Morgan fingerprint density at radius 1 is 1.36 bits per heavy atom. The van der Waals surface area contributed by atoms with Crippen LogP contribution in [-0.4, -0.2) is 18.2 Å². The van der Waals surface area contributed by atoms with Gasteiger partial charge in [-0.2, -0.15) is 0 Å². The summed E-state index contributed by atoms with van der Waals surface area (Å²) < 4.78 is 25.2. The van der Waals surface area contributed by atoms with Gasteiger partial charge in [-0.25, -0.2) is 8.78 Å². The lowest BCUT2D eigenvalue weighted by molar-refractivity contribution is 0.0101. The first kappa shape index (κ1) is 10.3. The molecule has 0 radical (unpaired) electrons. The Morgan fingerprint density at radius 3 is 2.18 bits per heavy atom. The Labute approximate surface area is 65.8 Å². The van der Waals surface area contributed by atoms with Crippen LogP contribution >= 0.6 is 0 Å². The SMILES string of the molecule is CC=NC(/C=C\C)C(C)(F)F. The van der Waals surface area contributed by atoms with Crippen LogP contribution in [-0.2, 0) is 0 Å². The van der Waals surface area contributed by atoms with Crippen LogP contribution in [0.4, 0.5) is 8.78 Å². The molecule has 1 unspecified atom stereocenters. The van der Waals surface area contributed by atoms with E-state index in [9.17, 15) is 8.78 Å². The Hall–Kier alpha value is -0.730. The second kappa shape index (κ2) is 4.21. The highest BCUT2D eigenvalue weighted by atomic mass is 19.3. The van der Waals surface area contributed by atoms with Crippen LogP contribution in [0, 0.1) is 0 Å². The van der Waals surface area contributed by atoms with Crippen molar-refractivity contribution in [3.63, 3.8) is 0 Å². The molecule has 0 aromatic carbocycles. The lowest BCUT2D eigenvalue weighted by Gasteiger charge is -2.15. The number of hydrogen-bond acceptors (Lipinski definition) is 1. The molecule has 0 heterocycles. The molecule has 0 spiro atoms. The van der Waals surface area contributed by atoms with E-state index in [1.807, 2.05) is 0 Å². The first-order valence-electron chi connectivity index (χ1n) is 3.50. The van der Waals surface area contributed by atoms with Crippen LogP contribution in [0.1, 0.15) is 20.8 Å². The van der Waals surface area contributed by atoms with Gasteiger partial charge in [-0.1, -0.05) is 12.2 Å². The molecule has 3 heteroatoms. The van der Waals surface area contributed by atoms with E-state index in [4.69, 9.17) is 0 Å². The maximum Gasteiger partial charge on any atom is 0.270 e. The van der Waals surface area contributed by atoms with Crippen molar-refractivity contribution in [1.29, 1.82) is 0 Å². The minimum Gasteiger partial charge on any atom is -0.284 e. The van der Waals surface area contributed by atoms with E-state index in [0.29, 0.717) is 0 Å². The van der Waals surface area contributed by atoms with Crippen LogP contribution in [0.3, 0.4) is 0 Å². The van der Waals surface area contributed by atoms with E-state index in [1.165, 1.54) is 12.3 Å². The van der Waals surface area contributed by atoms with Crippen molar-refractivity contribution in [2.45, 2.75) is 32.7 Å². The van der Waals surface area contributed by atoms with Gasteiger partial charge in [0.1, 0.15) is 6.04 Å². The van der Waals surface area contributed by atoms with Crippen LogP contribution in [0.5, 0.6) is 0 Å². The summed E-state index contributed by atoms with van der Waals surface area (Å²) in [6, 6.07) is -1.02. The summed E-state index contributed by atoms with van der Waals surface area (Å²) in [5, 5.41) is 0. The minimum atomic E-state index is -2.76. The third-order valence-electron chi connectivity index (χ3n) is 1.20. The van der Waals surface area contributed by atoms with Gasteiger partial charge in [0.05, 0.1) is 0 Å². The summed E-state index contributed by atoms with van der Waals surface area (Å²) in [5.74, 6) is -2.76. The molecule has 0 saturated carbocycles. The molecule has 0 bridgehead atoms. The third kappa shape index (κ3) is 3.86. The van der Waals surface area contributed by atoms with Crippen molar-refractivity contribution in [3.8, 4) is 0 Å². The molecule has 0 aromatic rings. The molecule has 1 nitrogen and oxygen atoms in total. The normalized spacial score (nSPS) is 16.5. The highest BCUT2D eigenvalue weighted by Gasteiger charge is 2.30. The zero-order valence-corrected chi connectivity index (χ0v) is 7.01. The maximum atomic E-state index is 12.6. The van der Waals surface area contributed by atoms with Gasteiger partial charge in [0, 0.05) is 6.92 Å². The first-order valence-corrected chi connectivity index (χ1v) is 3.50. The lowest BCUT2D eigenvalue weighted by atomic mass is 10.1. The molecule has 0 aliphatic rings. The monoisotopic (exact) mass is 161 g/mol. The fraction of sp³-hybridized carbons (Fsp3) is 0.625. The molecule has 1 atom stereocenters. The van der Waals surface area contributed by atoms with Crippen molar-refractivity contribution >= 4 is 6.21 Å². The Morgan fingerprint density at radius 2 is 1.91 bits per heavy atom. The second-order valence-corrected chi connectivity index (χ2v) is 2.33. The molecule has 0 aliphatic heterocycles. The van der Waals surface area contributed by atoms with Gasteiger partial charge in [-0.05, 0) is 20.1 Å². The van der Waals surface area contributed by atoms with Crippen molar-refractivity contribution in [1.82, 2.24) is 0 Å². The first-order chi connectivity index (χ1) is 5.02. The predicted octanol–water partition coefficient (Wildman–Crippen LogP) is 2.68. The van der Waals surface area contributed by atoms with Crippen molar-refractivity contribution < 1.29 is 8.78 Å². The smallest absolute Gasteiger partial charge is 0.270 e. The van der Waals surface area contributed by atoms with Crippen LogP contribution in [0.2, 0.25) is 0 Å². The summed E-state index contributed by atoms with van der Waals surface area (Å²) >= 11 is 0. The van der Waals surface area contributed by atoms with Gasteiger partial charge in [0.25, 0.3) is 5.92 Å². The minimum absolute atomic E-state index is 0.866. The van der Waals surface area contributed by atoms with Crippen molar-refractivity contribution in [2.75, 3.05) is 0 Å². The maximum absolute atomic E-state index is 12.6. The molecule has 0 saturated heterocycles. The molecular weight excluding hydrogens is 148 g/mol.